The van der Waals surface area contributed by atoms with Crippen molar-refractivity contribution < 1.29 is 14.3 Å². The molecule has 0 bridgehead atoms. The Morgan fingerprint density at radius 3 is 2.65 bits per heavy atom. The number of benzene rings is 1. The average molecular weight is 280 g/mol. The number of rotatable bonds is 7. The van der Waals surface area contributed by atoms with Crippen molar-refractivity contribution in [1.82, 2.24) is 5.32 Å². The lowest BCUT2D eigenvalue weighted by molar-refractivity contribution is 0.0921. The number of methoxy groups -OCH3 is 2. The molecule has 0 heterocycles. The van der Waals surface area contributed by atoms with Crippen molar-refractivity contribution in [3.63, 3.8) is 0 Å². The maximum Gasteiger partial charge on any atom is 0.253 e. The van der Waals surface area contributed by atoms with Crippen molar-refractivity contribution >= 4 is 11.6 Å². The third-order valence-corrected chi connectivity index (χ3v) is 3.24. The molecule has 0 saturated heterocycles. The topological polar surface area (TPSA) is 73.6 Å². The molecule has 5 heteroatoms. The highest BCUT2D eigenvalue weighted by Crippen LogP contribution is 2.25. The number of ether oxygens (including phenoxy) is 2. The van der Waals surface area contributed by atoms with Gasteiger partial charge < -0.3 is 20.5 Å². The van der Waals surface area contributed by atoms with Crippen molar-refractivity contribution in [3.8, 4) is 5.75 Å². The van der Waals surface area contributed by atoms with Crippen LogP contribution in [0.2, 0.25) is 0 Å². The number of anilines is 1. The van der Waals surface area contributed by atoms with Crippen molar-refractivity contribution in [3.05, 3.63) is 23.8 Å². The SMILES string of the molecule is COCCC(C)(C)CNC(=O)c1cccc(OC)c1N. The number of nitrogens with one attached hydrogen (secondary N) is 1. The van der Waals surface area contributed by atoms with E-state index in [1.807, 2.05) is 0 Å². The number of hydrogen-bond donors (Lipinski definition) is 2. The lowest BCUT2D eigenvalue weighted by Gasteiger charge is -2.24. The second kappa shape index (κ2) is 7.14. The maximum atomic E-state index is 12.2. The lowest BCUT2D eigenvalue weighted by Crippen LogP contribution is -2.35. The van der Waals surface area contributed by atoms with E-state index in [0.717, 1.165) is 6.42 Å². The van der Waals surface area contributed by atoms with Gasteiger partial charge in [-0.05, 0) is 24.0 Å². The van der Waals surface area contributed by atoms with Gasteiger partial charge in [-0.25, -0.2) is 0 Å². The zero-order valence-electron chi connectivity index (χ0n) is 12.7. The molecule has 5 nitrogen and oxygen atoms in total. The summed E-state index contributed by atoms with van der Waals surface area (Å²) in [6.45, 7) is 5.40. The summed E-state index contributed by atoms with van der Waals surface area (Å²) >= 11 is 0. The molecule has 0 aliphatic carbocycles. The monoisotopic (exact) mass is 280 g/mol. The smallest absolute Gasteiger partial charge is 0.253 e. The summed E-state index contributed by atoms with van der Waals surface area (Å²) in [5.74, 6) is 0.322. The third-order valence-electron chi connectivity index (χ3n) is 3.24. The highest BCUT2D eigenvalue weighted by Gasteiger charge is 2.20. The summed E-state index contributed by atoms with van der Waals surface area (Å²) in [5.41, 5.74) is 6.68. The minimum Gasteiger partial charge on any atom is -0.495 e. The summed E-state index contributed by atoms with van der Waals surface area (Å²) in [5, 5.41) is 2.91. The largest absolute Gasteiger partial charge is 0.495 e. The van der Waals surface area contributed by atoms with E-state index in [-0.39, 0.29) is 11.3 Å². The van der Waals surface area contributed by atoms with Crippen molar-refractivity contribution in [2.24, 2.45) is 5.41 Å². The number of carbonyl (C=O) groups is 1. The number of carbonyl (C=O) groups excluding carboxylic acids is 1. The highest BCUT2D eigenvalue weighted by atomic mass is 16.5. The van der Waals surface area contributed by atoms with E-state index in [1.165, 1.54) is 7.11 Å². The number of nitrogen functional groups attached to an aromatic ring is 1. The van der Waals surface area contributed by atoms with Gasteiger partial charge >= 0.3 is 0 Å². The van der Waals surface area contributed by atoms with Gasteiger partial charge in [0.25, 0.3) is 5.91 Å². The molecule has 0 fully saturated rings. The first kappa shape index (κ1) is 16.3. The van der Waals surface area contributed by atoms with Crippen LogP contribution >= 0.6 is 0 Å². The van der Waals surface area contributed by atoms with E-state index in [4.69, 9.17) is 15.2 Å². The molecule has 1 aromatic rings. The molecule has 0 radical (unpaired) electrons. The predicted molar refractivity (Wildman–Crippen MR) is 80.0 cm³/mol. The van der Waals surface area contributed by atoms with Gasteiger partial charge in [-0.3, -0.25) is 4.79 Å². The third kappa shape index (κ3) is 4.42. The highest BCUT2D eigenvalue weighted by molar-refractivity contribution is 6.00. The molecule has 0 saturated carbocycles. The zero-order valence-corrected chi connectivity index (χ0v) is 12.7. The first-order valence-electron chi connectivity index (χ1n) is 6.61. The van der Waals surface area contributed by atoms with Gasteiger partial charge in [0.05, 0.1) is 18.4 Å². The summed E-state index contributed by atoms with van der Waals surface area (Å²) in [6.07, 6.45) is 0.872. The van der Waals surface area contributed by atoms with E-state index >= 15 is 0 Å². The molecular formula is C15H24N2O3. The fourth-order valence-electron chi connectivity index (χ4n) is 1.80. The van der Waals surface area contributed by atoms with Crippen molar-refractivity contribution in [2.45, 2.75) is 20.3 Å². The van der Waals surface area contributed by atoms with Gasteiger partial charge in [0.1, 0.15) is 5.75 Å². The van der Waals surface area contributed by atoms with E-state index in [2.05, 4.69) is 19.2 Å². The van der Waals surface area contributed by atoms with Crippen LogP contribution in [-0.2, 0) is 4.74 Å². The fourth-order valence-corrected chi connectivity index (χ4v) is 1.80. The Bertz CT molecular complexity index is 458. The first-order valence-corrected chi connectivity index (χ1v) is 6.61. The molecule has 0 unspecified atom stereocenters. The Balaban J connectivity index is 2.68. The number of hydrogen-bond acceptors (Lipinski definition) is 4. The Morgan fingerprint density at radius 1 is 1.35 bits per heavy atom. The van der Waals surface area contributed by atoms with Gasteiger partial charge in [0.2, 0.25) is 0 Å². The molecule has 0 spiro atoms. The Labute approximate surface area is 120 Å². The van der Waals surface area contributed by atoms with Crippen LogP contribution in [0.1, 0.15) is 30.6 Å². The van der Waals surface area contributed by atoms with Crippen molar-refractivity contribution in [2.75, 3.05) is 33.1 Å². The fraction of sp³-hybridized carbons (Fsp3) is 0.533. The van der Waals surface area contributed by atoms with Crippen LogP contribution in [0.5, 0.6) is 5.75 Å². The molecule has 112 valence electrons. The van der Waals surface area contributed by atoms with Gasteiger partial charge in [0, 0.05) is 20.3 Å². The Kier molecular flexibility index (Phi) is 5.82. The molecule has 0 aliphatic rings. The normalized spacial score (nSPS) is 11.2. The second-order valence-corrected chi connectivity index (χ2v) is 5.51. The van der Waals surface area contributed by atoms with Crippen LogP contribution in [-0.4, -0.2) is 33.3 Å². The number of amides is 1. The molecule has 1 amide bonds. The summed E-state index contributed by atoms with van der Waals surface area (Å²) in [7, 11) is 3.20. The molecule has 20 heavy (non-hydrogen) atoms. The number of para-hydroxylation sites is 1. The van der Waals surface area contributed by atoms with Crippen LogP contribution in [0, 0.1) is 5.41 Å². The molecule has 3 N–H and O–H groups in total. The van der Waals surface area contributed by atoms with E-state index < -0.39 is 0 Å². The minimum atomic E-state index is -0.188. The molecular weight excluding hydrogens is 256 g/mol. The Hall–Kier alpha value is -1.75. The summed E-state index contributed by atoms with van der Waals surface area (Å²) in [6, 6.07) is 5.17. The molecule has 1 rings (SSSR count). The zero-order chi connectivity index (χ0) is 15.2. The van der Waals surface area contributed by atoms with Crippen LogP contribution in [0.4, 0.5) is 5.69 Å². The quantitative estimate of drug-likeness (QED) is 0.750. The van der Waals surface area contributed by atoms with Crippen molar-refractivity contribution in [1.29, 1.82) is 0 Å². The van der Waals surface area contributed by atoms with Gasteiger partial charge in [-0.1, -0.05) is 19.9 Å². The van der Waals surface area contributed by atoms with Crippen LogP contribution in [0.15, 0.2) is 18.2 Å². The van der Waals surface area contributed by atoms with E-state index in [9.17, 15) is 4.79 Å². The van der Waals surface area contributed by atoms with E-state index in [0.29, 0.717) is 30.2 Å². The van der Waals surface area contributed by atoms with Crippen LogP contribution in [0.3, 0.4) is 0 Å². The van der Waals surface area contributed by atoms with Gasteiger partial charge in [0.15, 0.2) is 0 Å². The second-order valence-electron chi connectivity index (χ2n) is 5.51. The maximum absolute atomic E-state index is 12.2. The molecule has 0 atom stereocenters. The Morgan fingerprint density at radius 2 is 2.05 bits per heavy atom. The lowest BCUT2D eigenvalue weighted by atomic mass is 9.89. The standard InChI is InChI=1S/C15H24N2O3/c1-15(2,8-9-19-3)10-17-14(18)11-6-5-7-12(20-4)13(11)16/h5-7H,8-10,16H2,1-4H3,(H,17,18). The minimum absolute atomic E-state index is 0.0285. The van der Waals surface area contributed by atoms with Crippen LogP contribution < -0.4 is 15.8 Å². The summed E-state index contributed by atoms with van der Waals surface area (Å²) < 4.78 is 10.2. The van der Waals surface area contributed by atoms with Crippen LogP contribution in [0.25, 0.3) is 0 Å². The van der Waals surface area contributed by atoms with Gasteiger partial charge in [-0.15, -0.1) is 0 Å². The average Bonchev–Trinajstić information content (AvgIpc) is 2.43. The first-order chi connectivity index (χ1) is 9.41. The molecule has 0 aliphatic heterocycles. The molecule has 1 aromatic carbocycles. The summed E-state index contributed by atoms with van der Waals surface area (Å²) in [4.78, 5) is 12.2. The number of nitrogens with two attached hydrogens (primary N) is 1. The van der Waals surface area contributed by atoms with Gasteiger partial charge in [-0.2, -0.15) is 0 Å². The van der Waals surface area contributed by atoms with E-state index in [1.54, 1.807) is 25.3 Å². The predicted octanol–water partition coefficient (Wildman–Crippen LogP) is 2.07. The molecule has 0 aromatic heterocycles.